The number of aromatic nitrogens is 3. The standard InChI is InChI=1S/C17H14N4O2S/c18-13-14-1-3-16(4-2-14)24(22,23)12-11-21-10-9-20-17(21)15-5-7-19-8-6-15/h1-10H,11-12H2. The van der Waals surface area contributed by atoms with E-state index in [-0.39, 0.29) is 10.6 Å². The van der Waals surface area contributed by atoms with E-state index in [0.717, 1.165) is 5.56 Å². The Bertz CT molecular complexity index is 971. The molecule has 6 nitrogen and oxygen atoms in total. The van der Waals surface area contributed by atoms with Gasteiger partial charge >= 0.3 is 0 Å². The van der Waals surface area contributed by atoms with Gasteiger partial charge in [-0.2, -0.15) is 5.26 Å². The van der Waals surface area contributed by atoms with Crippen molar-refractivity contribution in [2.45, 2.75) is 11.4 Å². The van der Waals surface area contributed by atoms with Crippen LogP contribution in [-0.2, 0) is 16.4 Å². The zero-order chi connectivity index (χ0) is 17.0. The van der Waals surface area contributed by atoms with E-state index < -0.39 is 9.84 Å². The molecule has 3 rings (SSSR count). The molecule has 7 heteroatoms. The second-order valence-electron chi connectivity index (χ2n) is 5.14. The summed E-state index contributed by atoms with van der Waals surface area (Å²) in [6.07, 6.45) is 6.73. The number of imidazole rings is 1. The normalized spacial score (nSPS) is 11.1. The van der Waals surface area contributed by atoms with Crippen LogP contribution in [0.4, 0.5) is 0 Å². The Morgan fingerprint density at radius 3 is 2.42 bits per heavy atom. The maximum Gasteiger partial charge on any atom is 0.180 e. The van der Waals surface area contributed by atoms with Gasteiger partial charge in [0, 0.05) is 36.9 Å². The summed E-state index contributed by atoms with van der Waals surface area (Å²) in [5, 5.41) is 8.78. The van der Waals surface area contributed by atoms with Gasteiger partial charge in [0.1, 0.15) is 5.82 Å². The first-order valence-corrected chi connectivity index (χ1v) is 8.90. The predicted molar refractivity (Wildman–Crippen MR) is 88.7 cm³/mol. The quantitative estimate of drug-likeness (QED) is 0.712. The molecule has 0 aliphatic rings. The van der Waals surface area contributed by atoms with Gasteiger partial charge in [0.05, 0.1) is 22.3 Å². The second-order valence-corrected chi connectivity index (χ2v) is 7.24. The van der Waals surface area contributed by atoms with Gasteiger partial charge in [-0.25, -0.2) is 13.4 Å². The lowest BCUT2D eigenvalue weighted by Crippen LogP contribution is -2.13. The highest BCUT2D eigenvalue weighted by Gasteiger charge is 2.15. The van der Waals surface area contributed by atoms with Crippen LogP contribution in [0, 0.1) is 11.3 Å². The van der Waals surface area contributed by atoms with Crippen LogP contribution in [0.5, 0.6) is 0 Å². The molecule has 0 fully saturated rings. The highest BCUT2D eigenvalue weighted by molar-refractivity contribution is 7.91. The van der Waals surface area contributed by atoms with Crippen LogP contribution in [0.1, 0.15) is 5.56 Å². The number of rotatable bonds is 5. The maximum absolute atomic E-state index is 12.4. The van der Waals surface area contributed by atoms with Crippen LogP contribution in [0.3, 0.4) is 0 Å². The van der Waals surface area contributed by atoms with Crippen molar-refractivity contribution in [2.75, 3.05) is 5.75 Å². The molecule has 0 aliphatic carbocycles. The minimum atomic E-state index is -3.43. The summed E-state index contributed by atoms with van der Waals surface area (Å²) in [7, 11) is -3.43. The van der Waals surface area contributed by atoms with Crippen LogP contribution in [0.25, 0.3) is 11.4 Å². The molecule has 0 radical (unpaired) electrons. The fourth-order valence-electron chi connectivity index (χ4n) is 2.32. The van der Waals surface area contributed by atoms with E-state index in [1.54, 1.807) is 29.4 Å². The van der Waals surface area contributed by atoms with Crippen molar-refractivity contribution in [3.05, 3.63) is 66.7 Å². The van der Waals surface area contributed by atoms with Crippen molar-refractivity contribution in [1.29, 1.82) is 5.26 Å². The number of hydrogen-bond acceptors (Lipinski definition) is 5. The highest BCUT2D eigenvalue weighted by Crippen LogP contribution is 2.18. The van der Waals surface area contributed by atoms with Gasteiger partial charge in [0.25, 0.3) is 0 Å². The van der Waals surface area contributed by atoms with E-state index in [1.807, 2.05) is 18.2 Å². The van der Waals surface area contributed by atoms with Crippen LogP contribution in [0.15, 0.2) is 66.1 Å². The third-order valence-corrected chi connectivity index (χ3v) is 5.31. The molecule has 0 saturated carbocycles. The van der Waals surface area contributed by atoms with Crippen molar-refractivity contribution in [2.24, 2.45) is 0 Å². The first-order valence-electron chi connectivity index (χ1n) is 7.24. The molecule has 0 bridgehead atoms. The fourth-order valence-corrected chi connectivity index (χ4v) is 3.55. The number of nitrogens with zero attached hydrogens (tertiary/aromatic N) is 4. The number of sulfone groups is 1. The van der Waals surface area contributed by atoms with E-state index in [9.17, 15) is 8.42 Å². The maximum atomic E-state index is 12.4. The molecule has 2 aromatic heterocycles. The molecular formula is C17H14N4O2S. The zero-order valence-corrected chi connectivity index (χ0v) is 13.5. The minimum absolute atomic E-state index is 0.0483. The number of nitriles is 1. The Balaban J connectivity index is 1.78. The van der Waals surface area contributed by atoms with E-state index in [2.05, 4.69) is 9.97 Å². The van der Waals surface area contributed by atoms with Gasteiger partial charge in [-0.1, -0.05) is 0 Å². The number of pyridine rings is 1. The summed E-state index contributed by atoms with van der Waals surface area (Å²) >= 11 is 0. The average Bonchev–Trinajstić information content (AvgIpc) is 3.09. The lowest BCUT2D eigenvalue weighted by atomic mass is 10.2. The first-order chi connectivity index (χ1) is 11.6. The van der Waals surface area contributed by atoms with Crippen molar-refractivity contribution in [1.82, 2.24) is 14.5 Å². The summed E-state index contributed by atoms with van der Waals surface area (Å²) in [5.41, 5.74) is 1.31. The molecule has 0 unspecified atom stereocenters. The van der Waals surface area contributed by atoms with Gasteiger partial charge in [0.15, 0.2) is 9.84 Å². The number of aryl methyl sites for hydroxylation is 1. The van der Waals surface area contributed by atoms with Crippen molar-refractivity contribution < 1.29 is 8.42 Å². The van der Waals surface area contributed by atoms with Gasteiger partial charge < -0.3 is 4.57 Å². The summed E-state index contributed by atoms with van der Waals surface area (Å²) < 4.78 is 26.7. The van der Waals surface area contributed by atoms with E-state index in [1.165, 1.54) is 24.3 Å². The van der Waals surface area contributed by atoms with Gasteiger partial charge in [-0.15, -0.1) is 0 Å². The Hall–Kier alpha value is -2.98. The zero-order valence-electron chi connectivity index (χ0n) is 12.7. The van der Waals surface area contributed by atoms with Crippen LogP contribution >= 0.6 is 0 Å². The molecule has 0 aliphatic heterocycles. The fraction of sp³-hybridized carbons (Fsp3) is 0.118. The summed E-state index contributed by atoms with van der Waals surface area (Å²) in [5.74, 6) is 0.653. The van der Waals surface area contributed by atoms with Gasteiger partial charge in [-0.3, -0.25) is 4.98 Å². The Morgan fingerprint density at radius 2 is 1.75 bits per heavy atom. The third kappa shape index (κ3) is 3.34. The Kier molecular flexibility index (Phi) is 4.40. The molecule has 0 atom stereocenters. The van der Waals surface area contributed by atoms with Crippen molar-refractivity contribution in [3.63, 3.8) is 0 Å². The molecule has 1 aromatic carbocycles. The van der Waals surface area contributed by atoms with E-state index in [0.29, 0.717) is 17.9 Å². The van der Waals surface area contributed by atoms with Crippen molar-refractivity contribution in [3.8, 4) is 17.5 Å². The molecule has 120 valence electrons. The average molecular weight is 338 g/mol. The Morgan fingerprint density at radius 1 is 1.04 bits per heavy atom. The molecule has 0 spiro atoms. The van der Waals surface area contributed by atoms with E-state index >= 15 is 0 Å². The van der Waals surface area contributed by atoms with Crippen molar-refractivity contribution >= 4 is 9.84 Å². The summed E-state index contributed by atoms with van der Waals surface area (Å²) in [6, 6.07) is 11.6. The molecule has 2 heterocycles. The van der Waals surface area contributed by atoms with Gasteiger partial charge in [-0.05, 0) is 36.4 Å². The molecule has 0 amide bonds. The summed E-state index contributed by atoms with van der Waals surface area (Å²) in [6.45, 7) is 0.292. The first kappa shape index (κ1) is 15.9. The second kappa shape index (κ2) is 6.64. The van der Waals surface area contributed by atoms with Crippen LogP contribution in [-0.4, -0.2) is 28.7 Å². The predicted octanol–water partition coefficient (Wildman–Crippen LogP) is 2.29. The third-order valence-electron chi connectivity index (χ3n) is 3.60. The largest absolute Gasteiger partial charge is 0.330 e. The Labute approximate surface area is 140 Å². The topological polar surface area (TPSA) is 88.6 Å². The van der Waals surface area contributed by atoms with Crippen LogP contribution < -0.4 is 0 Å². The SMILES string of the molecule is N#Cc1ccc(S(=O)(=O)CCn2ccnc2-c2ccncc2)cc1. The highest BCUT2D eigenvalue weighted by atomic mass is 32.2. The molecular weight excluding hydrogens is 324 g/mol. The molecule has 24 heavy (non-hydrogen) atoms. The van der Waals surface area contributed by atoms with E-state index in [4.69, 9.17) is 5.26 Å². The number of hydrogen-bond donors (Lipinski definition) is 0. The minimum Gasteiger partial charge on any atom is -0.330 e. The smallest absolute Gasteiger partial charge is 0.180 e. The molecule has 0 N–H and O–H groups in total. The van der Waals surface area contributed by atoms with Crippen LogP contribution in [0.2, 0.25) is 0 Å². The number of benzene rings is 1. The lowest BCUT2D eigenvalue weighted by molar-refractivity contribution is 0.589. The molecule has 3 aromatic rings. The lowest BCUT2D eigenvalue weighted by Gasteiger charge is -2.09. The monoisotopic (exact) mass is 338 g/mol. The van der Waals surface area contributed by atoms with Gasteiger partial charge in [0.2, 0.25) is 0 Å². The summed E-state index contributed by atoms with van der Waals surface area (Å²) in [4.78, 5) is 8.47. The molecule has 0 saturated heterocycles.